The maximum atomic E-state index is 6.48. The Bertz CT molecular complexity index is 1190. The van der Waals surface area contributed by atoms with Crippen LogP contribution in [0.4, 0.5) is 0 Å². The highest BCUT2D eigenvalue weighted by molar-refractivity contribution is 9.10. The summed E-state index contributed by atoms with van der Waals surface area (Å²) in [6, 6.07) is 22.5. The van der Waals surface area contributed by atoms with Crippen molar-refractivity contribution in [2.45, 2.75) is 32.0 Å². The molecule has 0 fully saturated rings. The molecule has 0 aromatic heterocycles. The lowest BCUT2D eigenvalue weighted by molar-refractivity contribution is -0.0191. The van der Waals surface area contributed by atoms with Gasteiger partial charge in [-0.25, -0.2) is 5.01 Å². The summed E-state index contributed by atoms with van der Waals surface area (Å²) in [4.78, 5) is 0. The lowest BCUT2D eigenvalue weighted by atomic mass is 9.96. The van der Waals surface area contributed by atoms with Crippen molar-refractivity contribution in [2.75, 3.05) is 13.2 Å². The zero-order valence-corrected chi connectivity index (χ0v) is 20.7. The van der Waals surface area contributed by atoms with Gasteiger partial charge in [-0.05, 0) is 78.7 Å². The molecule has 34 heavy (non-hydrogen) atoms. The van der Waals surface area contributed by atoms with E-state index < -0.39 is 0 Å². The largest absolute Gasteiger partial charge is 0.494 e. The normalized spacial score (nSPS) is 18.4. The number of rotatable bonds is 8. The van der Waals surface area contributed by atoms with Crippen LogP contribution in [0.2, 0.25) is 0 Å². The molecule has 174 valence electrons. The minimum Gasteiger partial charge on any atom is -0.494 e. The first-order valence-electron chi connectivity index (χ1n) is 11.5. The maximum absolute atomic E-state index is 6.48. The summed E-state index contributed by atoms with van der Waals surface area (Å²) in [6.07, 6.45) is 3.21. The molecule has 5 nitrogen and oxygen atoms in total. The topological polar surface area (TPSA) is 43.3 Å². The van der Waals surface area contributed by atoms with Gasteiger partial charge in [0.2, 0.25) is 6.23 Å². The highest BCUT2D eigenvalue weighted by Crippen LogP contribution is 2.48. The van der Waals surface area contributed by atoms with E-state index in [1.54, 1.807) is 6.08 Å². The van der Waals surface area contributed by atoms with Gasteiger partial charge in [0.25, 0.3) is 0 Å². The van der Waals surface area contributed by atoms with Crippen LogP contribution in [0.5, 0.6) is 17.2 Å². The number of halogens is 1. The monoisotopic (exact) mass is 518 g/mol. The molecule has 0 aliphatic carbocycles. The van der Waals surface area contributed by atoms with Crippen molar-refractivity contribution in [2.24, 2.45) is 5.10 Å². The smallest absolute Gasteiger partial charge is 0.213 e. The van der Waals surface area contributed by atoms with Gasteiger partial charge in [-0.15, -0.1) is 0 Å². The average molecular weight is 519 g/mol. The molecule has 0 N–H and O–H groups in total. The van der Waals surface area contributed by atoms with E-state index in [9.17, 15) is 0 Å². The summed E-state index contributed by atoms with van der Waals surface area (Å²) >= 11 is 3.62. The fourth-order valence-corrected chi connectivity index (χ4v) is 4.68. The summed E-state index contributed by atoms with van der Waals surface area (Å²) in [5.41, 5.74) is 4.29. The third-order valence-electron chi connectivity index (χ3n) is 5.95. The van der Waals surface area contributed by atoms with Crippen molar-refractivity contribution in [1.29, 1.82) is 0 Å². The van der Waals surface area contributed by atoms with Gasteiger partial charge < -0.3 is 14.2 Å². The van der Waals surface area contributed by atoms with Crippen molar-refractivity contribution < 1.29 is 14.2 Å². The molecule has 0 spiro atoms. The fourth-order valence-electron chi connectivity index (χ4n) is 4.30. The Balaban J connectivity index is 1.46. The highest BCUT2D eigenvalue weighted by atomic mass is 79.9. The number of fused-ring (bicyclic) bond motifs is 3. The Kier molecular flexibility index (Phi) is 6.59. The Morgan fingerprint density at radius 2 is 1.79 bits per heavy atom. The van der Waals surface area contributed by atoms with E-state index in [-0.39, 0.29) is 12.3 Å². The number of benzene rings is 3. The molecule has 0 radical (unpaired) electrons. The van der Waals surface area contributed by atoms with Crippen LogP contribution in [0.25, 0.3) is 0 Å². The molecule has 2 atom stereocenters. The second kappa shape index (κ2) is 9.94. The summed E-state index contributed by atoms with van der Waals surface area (Å²) < 4.78 is 18.9. The Hall–Kier alpha value is -3.25. The zero-order chi connectivity index (χ0) is 23.5. The van der Waals surface area contributed by atoms with Gasteiger partial charge in [-0.1, -0.05) is 35.5 Å². The standard InChI is InChI=1S/C28H27BrN2O3/c1-3-15-32-22-10-5-19(6-11-22)25-18-26-24-17-21(29)9-14-27(24)34-28(31(26)30-25)20-7-12-23(13-8-20)33-16-4-2/h3,5-14,17,26,28H,1,4,15-16,18H2,2H3/t26-,28+/m0/s1. The molecule has 0 unspecified atom stereocenters. The molecule has 3 aromatic rings. The van der Waals surface area contributed by atoms with Crippen LogP contribution in [0.3, 0.4) is 0 Å². The Morgan fingerprint density at radius 1 is 1.06 bits per heavy atom. The van der Waals surface area contributed by atoms with Gasteiger partial charge in [0.1, 0.15) is 23.9 Å². The summed E-state index contributed by atoms with van der Waals surface area (Å²) in [5.74, 6) is 2.58. The van der Waals surface area contributed by atoms with Gasteiger partial charge in [0.05, 0.1) is 18.4 Å². The first kappa shape index (κ1) is 22.5. The van der Waals surface area contributed by atoms with E-state index in [1.807, 2.05) is 36.4 Å². The molecular weight excluding hydrogens is 492 g/mol. The average Bonchev–Trinajstić information content (AvgIpc) is 3.32. The lowest BCUT2D eigenvalue weighted by Gasteiger charge is -2.38. The molecule has 5 rings (SSSR count). The fraction of sp³-hybridized carbons (Fsp3) is 0.250. The minimum atomic E-state index is -0.313. The third-order valence-corrected chi connectivity index (χ3v) is 6.44. The molecular formula is C28H27BrN2O3. The van der Waals surface area contributed by atoms with Crippen LogP contribution < -0.4 is 14.2 Å². The van der Waals surface area contributed by atoms with Crippen LogP contribution in [0.15, 0.2) is 89.0 Å². The van der Waals surface area contributed by atoms with Gasteiger partial charge >= 0.3 is 0 Å². The quantitative estimate of drug-likeness (QED) is 0.300. The van der Waals surface area contributed by atoms with Crippen molar-refractivity contribution in [3.63, 3.8) is 0 Å². The van der Waals surface area contributed by atoms with Crippen LogP contribution in [-0.4, -0.2) is 23.9 Å². The van der Waals surface area contributed by atoms with Gasteiger partial charge in [0, 0.05) is 22.0 Å². The molecule has 3 aromatic carbocycles. The second-order valence-electron chi connectivity index (χ2n) is 8.34. The van der Waals surface area contributed by atoms with E-state index in [1.165, 1.54) is 0 Å². The zero-order valence-electron chi connectivity index (χ0n) is 19.1. The molecule has 0 saturated heterocycles. The molecule has 0 amide bonds. The number of hydrogen-bond acceptors (Lipinski definition) is 5. The highest BCUT2D eigenvalue weighted by Gasteiger charge is 2.41. The number of hydrazone groups is 1. The molecule has 6 heteroatoms. The van der Waals surface area contributed by atoms with Crippen molar-refractivity contribution >= 4 is 21.6 Å². The summed E-state index contributed by atoms with van der Waals surface area (Å²) in [5, 5.41) is 7.14. The van der Waals surface area contributed by atoms with E-state index in [0.29, 0.717) is 13.2 Å². The summed E-state index contributed by atoms with van der Waals surface area (Å²) in [6.45, 7) is 7.00. The molecule has 2 aliphatic heterocycles. The minimum absolute atomic E-state index is 0.0916. The van der Waals surface area contributed by atoms with Crippen molar-refractivity contribution in [1.82, 2.24) is 5.01 Å². The molecule has 0 bridgehead atoms. The SMILES string of the molecule is C=CCOc1ccc(C2=NN3[C@@H](c4ccc(OCCC)cc4)Oc4ccc(Br)cc4[C@@H]3C2)cc1. The molecule has 2 aliphatic rings. The van der Waals surface area contributed by atoms with Crippen LogP contribution in [0.1, 0.15) is 48.7 Å². The van der Waals surface area contributed by atoms with Gasteiger partial charge in [0.15, 0.2) is 0 Å². The van der Waals surface area contributed by atoms with Crippen LogP contribution in [-0.2, 0) is 0 Å². The maximum Gasteiger partial charge on any atom is 0.213 e. The van der Waals surface area contributed by atoms with E-state index in [2.05, 4.69) is 64.8 Å². The van der Waals surface area contributed by atoms with E-state index in [0.717, 1.165) is 57.0 Å². The first-order chi connectivity index (χ1) is 16.7. The van der Waals surface area contributed by atoms with Crippen LogP contribution >= 0.6 is 15.9 Å². The second-order valence-corrected chi connectivity index (χ2v) is 9.26. The lowest BCUT2D eigenvalue weighted by Crippen LogP contribution is -2.33. The van der Waals surface area contributed by atoms with Gasteiger partial charge in [-0.2, -0.15) is 5.10 Å². The Morgan fingerprint density at radius 3 is 2.53 bits per heavy atom. The summed E-state index contributed by atoms with van der Waals surface area (Å²) in [7, 11) is 0. The molecule has 0 saturated carbocycles. The predicted octanol–water partition coefficient (Wildman–Crippen LogP) is 7.05. The predicted molar refractivity (Wildman–Crippen MR) is 138 cm³/mol. The van der Waals surface area contributed by atoms with Crippen molar-refractivity contribution in [3.8, 4) is 17.2 Å². The van der Waals surface area contributed by atoms with E-state index in [4.69, 9.17) is 19.3 Å². The number of hydrogen-bond donors (Lipinski definition) is 0. The first-order valence-corrected chi connectivity index (χ1v) is 12.3. The van der Waals surface area contributed by atoms with E-state index >= 15 is 0 Å². The number of nitrogens with zero attached hydrogens (tertiary/aromatic N) is 2. The number of ether oxygens (including phenoxy) is 3. The van der Waals surface area contributed by atoms with Gasteiger partial charge in [-0.3, -0.25) is 0 Å². The third kappa shape index (κ3) is 4.55. The Labute approximate surface area is 208 Å². The molecule has 2 heterocycles. The van der Waals surface area contributed by atoms with Crippen molar-refractivity contribution in [3.05, 3.63) is 101 Å². The van der Waals surface area contributed by atoms with Crippen LogP contribution in [0, 0.1) is 0 Å².